The van der Waals surface area contributed by atoms with Gasteiger partial charge in [-0.25, -0.2) is 0 Å². The topological polar surface area (TPSA) is 92.5 Å². The van der Waals surface area contributed by atoms with Crippen molar-refractivity contribution in [1.82, 2.24) is 4.90 Å². The molecule has 0 radical (unpaired) electrons. The van der Waals surface area contributed by atoms with E-state index in [1.54, 1.807) is 13.0 Å². The summed E-state index contributed by atoms with van der Waals surface area (Å²) in [6, 6.07) is 4.63. The Bertz CT molecular complexity index is 608. The van der Waals surface area contributed by atoms with Crippen LogP contribution in [0, 0.1) is 0 Å². The van der Waals surface area contributed by atoms with Crippen LogP contribution in [0.15, 0.2) is 18.2 Å². The molecule has 6 heteroatoms. The number of nitrogens with zero attached hydrogens (tertiary/aromatic N) is 1. The molecule has 1 aromatic carbocycles. The molecule has 0 aromatic heterocycles. The minimum Gasteiger partial charge on any atom is -0.324 e. The third-order valence-electron chi connectivity index (χ3n) is 3.60. The molecule has 6 nitrogen and oxygen atoms in total. The molecule has 0 saturated carbocycles. The fourth-order valence-corrected chi connectivity index (χ4v) is 1.87. The molecule has 20 heavy (non-hydrogen) atoms. The zero-order chi connectivity index (χ0) is 15.1. The molecule has 1 heterocycles. The number of fused-ring (bicyclic) bond motifs is 1. The highest BCUT2D eigenvalue weighted by atomic mass is 16.2. The third kappa shape index (κ3) is 2.18. The van der Waals surface area contributed by atoms with Crippen LogP contribution in [0.5, 0.6) is 0 Å². The first-order chi connectivity index (χ1) is 9.27. The van der Waals surface area contributed by atoms with E-state index in [9.17, 15) is 14.4 Å². The molecule has 0 saturated heterocycles. The summed E-state index contributed by atoms with van der Waals surface area (Å²) in [5.74, 6) is -1.03. The van der Waals surface area contributed by atoms with Crippen molar-refractivity contribution in [3.8, 4) is 0 Å². The molecule has 1 aromatic rings. The second-order valence-corrected chi connectivity index (χ2v) is 5.15. The molecule has 3 amide bonds. The van der Waals surface area contributed by atoms with E-state index in [-0.39, 0.29) is 17.7 Å². The average Bonchev–Trinajstić information content (AvgIpc) is 2.63. The van der Waals surface area contributed by atoms with Gasteiger partial charge in [-0.3, -0.25) is 19.3 Å². The van der Waals surface area contributed by atoms with E-state index >= 15 is 0 Å². The van der Waals surface area contributed by atoms with Gasteiger partial charge in [0.05, 0.1) is 16.7 Å². The molecule has 2 rings (SSSR count). The highest BCUT2D eigenvalue weighted by molar-refractivity contribution is 6.21. The van der Waals surface area contributed by atoms with Crippen LogP contribution in [-0.2, 0) is 4.79 Å². The standard InChI is InChI=1S/C14H17N3O3/c1-4-14(2,15)13(20)16-8-5-6-9-10(7-8)12(19)17(3)11(9)18/h5-7H,4,15H2,1-3H3,(H,16,20). The van der Waals surface area contributed by atoms with Gasteiger partial charge in [0, 0.05) is 12.7 Å². The van der Waals surface area contributed by atoms with Crippen molar-refractivity contribution in [2.24, 2.45) is 5.73 Å². The van der Waals surface area contributed by atoms with Crippen LogP contribution in [0.25, 0.3) is 0 Å². The summed E-state index contributed by atoms with van der Waals surface area (Å²) in [7, 11) is 1.43. The van der Waals surface area contributed by atoms with Gasteiger partial charge in [-0.15, -0.1) is 0 Å². The fraction of sp³-hybridized carbons (Fsp3) is 0.357. The predicted molar refractivity (Wildman–Crippen MR) is 74.4 cm³/mol. The minimum atomic E-state index is -0.977. The normalized spacial score (nSPS) is 16.9. The lowest BCUT2D eigenvalue weighted by Crippen LogP contribution is -2.47. The lowest BCUT2D eigenvalue weighted by Gasteiger charge is -2.21. The number of rotatable bonds is 3. The van der Waals surface area contributed by atoms with Crippen molar-refractivity contribution < 1.29 is 14.4 Å². The van der Waals surface area contributed by atoms with Gasteiger partial charge in [-0.2, -0.15) is 0 Å². The SMILES string of the molecule is CCC(C)(N)C(=O)Nc1ccc2c(c1)C(=O)N(C)C2=O. The summed E-state index contributed by atoms with van der Waals surface area (Å²) in [6.07, 6.45) is 0.490. The largest absolute Gasteiger partial charge is 0.324 e. The summed E-state index contributed by atoms with van der Waals surface area (Å²) >= 11 is 0. The molecule has 0 bridgehead atoms. The van der Waals surface area contributed by atoms with Gasteiger partial charge in [-0.1, -0.05) is 6.92 Å². The number of hydrogen-bond donors (Lipinski definition) is 2. The quantitative estimate of drug-likeness (QED) is 0.804. The van der Waals surface area contributed by atoms with Gasteiger partial charge in [0.1, 0.15) is 0 Å². The number of carbonyl (C=O) groups excluding carboxylic acids is 3. The Morgan fingerprint density at radius 2 is 1.90 bits per heavy atom. The van der Waals surface area contributed by atoms with E-state index in [0.717, 1.165) is 4.90 Å². The lowest BCUT2D eigenvalue weighted by molar-refractivity contribution is -0.120. The third-order valence-corrected chi connectivity index (χ3v) is 3.60. The van der Waals surface area contributed by atoms with Crippen LogP contribution in [0.4, 0.5) is 5.69 Å². The molecule has 1 aliphatic rings. The Hall–Kier alpha value is -2.21. The number of nitrogens with one attached hydrogen (secondary N) is 1. The zero-order valence-corrected chi connectivity index (χ0v) is 11.7. The second-order valence-electron chi connectivity index (χ2n) is 5.15. The maximum Gasteiger partial charge on any atom is 0.261 e. The maximum absolute atomic E-state index is 12.0. The first-order valence-corrected chi connectivity index (χ1v) is 6.34. The molecule has 106 valence electrons. The molecular weight excluding hydrogens is 258 g/mol. The van der Waals surface area contributed by atoms with E-state index in [4.69, 9.17) is 5.73 Å². The zero-order valence-electron chi connectivity index (χ0n) is 11.7. The maximum atomic E-state index is 12.0. The fourth-order valence-electron chi connectivity index (χ4n) is 1.87. The van der Waals surface area contributed by atoms with Crippen molar-refractivity contribution in [3.63, 3.8) is 0 Å². The van der Waals surface area contributed by atoms with Crippen LogP contribution in [0.3, 0.4) is 0 Å². The number of anilines is 1. The predicted octanol–water partition coefficient (Wildman–Crippen LogP) is 0.978. The van der Waals surface area contributed by atoms with Crippen molar-refractivity contribution >= 4 is 23.4 Å². The van der Waals surface area contributed by atoms with Crippen LogP contribution in [0.2, 0.25) is 0 Å². The summed E-state index contributed by atoms with van der Waals surface area (Å²) in [6.45, 7) is 3.46. The number of nitrogens with two attached hydrogens (primary N) is 1. The number of hydrogen-bond acceptors (Lipinski definition) is 4. The Kier molecular flexibility index (Phi) is 3.35. The van der Waals surface area contributed by atoms with E-state index < -0.39 is 5.54 Å². The molecule has 1 unspecified atom stereocenters. The van der Waals surface area contributed by atoms with E-state index in [1.807, 2.05) is 6.92 Å². The van der Waals surface area contributed by atoms with Gasteiger partial charge in [0.2, 0.25) is 5.91 Å². The summed E-state index contributed by atoms with van der Waals surface area (Å²) in [5.41, 5.74) is 5.97. The number of amides is 3. The Morgan fingerprint density at radius 1 is 1.30 bits per heavy atom. The van der Waals surface area contributed by atoms with Gasteiger partial charge in [0.25, 0.3) is 11.8 Å². The summed E-state index contributed by atoms with van der Waals surface area (Å²) in [5, 5.41) is 2.67. The average molecular weight is 275 g/mol. The first-order valence-electron chi connectivity index (χ1n) is 6.34. The van der Waals surface area contributed by atoms with Crippen molar-refractivity contribution in [1.29, 1.82) is 0 Å². The molecular formula is C14H17N3O3. The van der Waals surface area contributed by atoms with E-state index in [1.165, 1.54) is 19.2 Å². The lowest BCUT2D eigenvalue weighted by atomic mass is 9.99. The first kappa shape index (κ1) is 14.2. The number of imide groups is 1. The van der Waals surface area contributed by atoms with Crippen molar-refractivity contribution in [3.05, 3.63) is 29.3 Å². The second kappa shape index (κ2) is 4.72. The highest BCUT2D eigenvalue weighted by Gasteiger charge is 2.33. The minimum absolute atomic E-state index is 0.297. The number of carbonyl (C=O) groups is 3. The summed E-state index contributed by atoms with van der Waals surface area (Å²) < 4.78 is 0. The Morgan fingerprint density at radius 3 is 2.50 bits per heavy atom. The van der Waals surface area contributed by atoms with Gasteiger partial charge in [-0.05, 0) is 31.5 Å². The molecule has 0 aliphatic carbocycles. The van der Waals surface area contributed by atoms with Crippen molar-refractivity contribution in [2.45, 2.75) is 25.8 Å². The molecule has 1 aliphatic heterocycles. The molecule has 0 fully saturated rings. The van der Waals surface area contributed by atoms with Crippen LogP contribution in [0.1, 0.15) is 41.0 Å². The molecule has 1 atom stereocenters. The highest BCUT2D eigenvalue weighted by Crippen LogP contribution is 2.25. The van der Waals surface area contributed by atoms with Crippen molar-refractivity contribution in [2.75, 3.05) is 12.4 Å². The van der Waals surface area contributed by atoms with E-state index in [2.05, 4.69) is 5.32 Å². The van der Waals surface area contributed by atoms with E-state index in [0.29, 0.717) is 23.2 Å². The summed E-state index contributed by atoms with van der Waals surface area (Å²) in [4.78, 5) is 36.6. The van der Waals surface area contributed by atoms with Gasteiger partial charge < -0.3 is 11.1 Å². The van der Waals surface area contributed by atoms with Gasteiger partial charge in [0.15, 0.2) is 0 Å². The molecule has 0 spiro atoms. The monoisotopic (exact) mass is 275 g/mol. The van der Waals surface area contributed by atoms with Crippen LogP contribution >= 0.6 is 0 Å². The number of benzene rings is 1. The van der Waals surface area contributed by atoms with Crippen LogP contribution < -0.4 is 11.1 Å². The molecule has 3 N–H and O–H groups in total. The Balaban J connectivity index is 2.28. The van der Waals surface area contributed by atoms with Crippen LogP contribution in [-0.4, -0.2) is 35.2 Å². The van der Waals surface area contributed by atoms with Gasteiger partial charge >= 0.3 is 0 Å². The Labute approximate surface area is 116 Å². The smallest absolute Gasteiger partial charge is 0.261 e.